The molecule has 1 heterocycles. The highest BCUT2D eigenvalue weighted by Gasteiger charge is 2.16. The molecule has 0 aliphatic carbocycles. The van der Waals surface area contributed by atoms with Gasteiger partial charge in [0, 0.05) is 11.3 Å². The maximum absolute atomic E-state index is 9.34. The number of nitrogens with two attached hydrogens (primary N) is 1. The van der Waals surface area contributed by atoms with E-state index >= 15 is 0 Å². The number of nitrogens with zero attached hydrogens (tertiary/aromatic N) is 2. The number of hydrogen-bond acceptors (Lipinski definition) is 6. The second kappa shape index (κ2) is 4.96. The summed E-state index contributed by atoms with van der Waals surface area (Å²) in [7, 11) is 0. The lowest BCUT2D eigenvalue weighted by Gasteiger charge is -2.15. The molecule has 1 rings (SSSR count). The van der Waals surface area contributed by atoms with Crippen LogP contribution in [0.1, 0.15) is 38.6 Å². The fourth-order valence-corrected chi connectivity index (χ4v) is 1.52. The van der Waals surface area contributed by atoms with Gasteiger partial charge in [-0.15, -0.1) is 11.8 Å². The Morgan fingerprint density at radius 2 is 2.20 bits per heavy atom. The van der Waals surface area contributed by atoms with Gasteiger partial charge in [-0.2, -0.15) is 4.98 Å². The Hall–Kier alpha value is -0.590. The molecule has 6 heteroatoms. The van der Waals surface area contributed by atoms with Crippen LogP contribution in [0.3, 0.4) is 0 Å². The van der Waals surface area contributed by atoms with Crippen LogP contribution in [0.2, 0.25) is 0 Å². The first-order valence-electron chi connectivity index (χ1n) is 4.77. The lowest BCUT2D eigenvalue weighted by Crippen LogP contribution is -2.12. The molecule has 5 nitrogen and oxygen atoms in total. The van der Waals surface area contributed by atoms with E-state index in [1.165, 1.54) is 0 Å². The zero-order valence-electron chi connectivity index (χ0n) is 9.23. The molecule has 3 N–H and O–H groups in total. The second-order valence-electron chi connectivity index (χ2n) is 4.20. The van der Waals surface area contributed by atoms with Crippen molar-refractivity contribution >= 4 is 11.8 Å². The Balaban J connectivity index is 2.53. The van der Waals surface area contributed by atoms with E-state index in [-0.39, 0.29) is 17.2 Å². The van der Waals surface area contributed by atoms with Crippen LogP contribution in [0.4, 0.5) is 0 Å². The molecule has 15 heavy (non-hydrogen) atoms. The first-order chi connectivity index (χ1) is 6.92. The number of aliphatic hydroxyl groups excluding tert-OH is 1. The van der Waals surface area contributed by atoms with Gasteiger partial charge in [-0.1, -0.05) is 25.9 Å². The Kier molecular flexibility index (Phi) is 4.12. The molecule has 86 valence electrons. The molecule has 1 aromatic heterocycles. The first-order valence-corrected chi connectivity index (χ1v) is 5.75. The van der Waals surface area contributed by atoms with Gasteiger partial charge in [-0.05, 0) is 0 Å². The van der Waals surface area contributed by atoms with Crippen LogP contribution in [-0.2, 0) is 5.75 Å². The van der Waals surface area contributed by atoms with Gasteiger partial charge in [0.1, 0.15) is 6.10 Å². The lowest BCUT2D eigenvalue weighted by atomic mass is 10.3. The van der Waals surface area contributed by atoms with Crippen molar-refractivity contribution in [2.75, 3.05) is 6.54 Å². The monoisotopic (exact) mass is 231 g/mol. The van der Waals surface area contributed by atoms with Gasteiger partial charge in [-0.25, -0.2) is 0 Å². The zero-order valence-corrected chi connectivity index (χ0v) is 10.0. The summed E-state index contributed by atoms with van der Waals surface area (Å²) in [5.74, 6) is 1.46. The van der Waals surface area contributed by atoms with Crippen LogP contribution < -0.4 is 5.73 Å². The topological polar surface area (TPSA) is 85.2 Å². The highest BCUT2D eigenvalue weighted by molar-refractivity contribution is 7.99. The molecule has 0 saturated carbocycles. The molecule has 0 radical (unpaired) electrons. The van der Waals surface area contributed by atoms with Crippen molar-refractivity contribution in [2.24, 2.45) is 5.73 Å². The van der Waals surface area contributed by atoms with Crippen molar-refractivity contribution in [1.29, 1.82) is 0 Å². The van der Waals surface area contributed by atoms with Gasteiger partial charge in [0.2, 0.25) is 0 Å². The quantitative estimate of drug-likeness (QED) is 0.807. The molecule has 0 amide bonds. The number of aromatic nitrogens is 2. The van der Waals surface area contributed by atoms with Gasteiger partial charge < -0.3 is 15.4 Å². The minimum absolute atomic E-state index is 0.0913. The SMILES string of the molecule is CC(C)(C)SCc1noc([C@@H](O)CN)n1. The number of rotatable bonds is 4. The van der Waals surface area contributed by atoms with Gasteiger partial charge in [-0.3, -0.25) is 0 Å². The van der Waals surface area contributed by atoms with Gasteiger partial charge in [0.25, 0.3) is 5.89 Å². The third-order valence-electron chi connectivity index (χ3n) is 1.63. The maximum Gasteiger partial charge on any atom is 0.256 e. The van der Waals surface area contributed by atoms with E-state index in [0.717, 1.165) is 0 Å². The van der Waals surface area contributed by atoms with Gasteiger partial charge in [0.05, 0.1) is 5.75 Å². The molecule has 0 aromatic carbocycles. The summed E-state index contributed by atoms with van der Waals surface area (Å²) in [6.07, 6.45) is -0.856. The predicted octanol–water partition coefficient (Wildman–Crippen LogP) is 1.09. The second-order valence-corrected chi connectivity index (χ2v) is 6.00. The maximum atomic E-state index is 9.34. The summed E-state index contributed by atoms with van der Waals surface area (Å²) >= 11 is 1.72. The average Bonchev–Trinajstić information content (AvgIpc) is 2.61. The smallest absolute Gasteiger partial charge is 0.256 e. The van der Waals surface area contributed by atoms with E-state index in [4.69, 9.17) is 10.3 Å². The van der Waals surface area contributed by atoms with Crippen LogP contribution in [-0.4, -0.2) is 26.5 Å². The van der Waals surface area contributed by atoms with Crippen LogP contribution in [0.5, 0.6) is 0 Å². The van der Waals surface area contributed by atoms with Crippen molar-refractivity contribution in [1.82, 2.24) is 10.1 Å². The third-order valence-corrected chi connectivity index (χ3v) is 2.89. The Bertz CT molecular complexity index is 309. The summed E-state index contributed by atoms with van der Waals surface area (Å²) < 4.78 is 5.04. The summed E-state index contributed by atoms with van der Waals surface area (Å²) in [6, 6.07) is 0. The average molecular weight is 231 g/mol. The number of hydrogen-bond donors (Lipinski definition) is 2. The van der Waals surface area contributed by atoms with E-state index in [1.54, 1.807) is 11.8 Å². The molecule has 0 bridgehead atoms. The Morgan fingerprint density at radius 3 is 2.73 bits per heavy atom. The minimum atomic E-state index is -0.856. The molecular formula is C9H17N3O2S. The highest BCUT2D eigenvalue weighted by Crippen LogP contribution is 2.26. The molecule has 0 aliphatic rings. The third kappa shape index (κ3) is 4.19. The predicted molar refractivity (Wildman–Crippen MR) is 59.4 cm³/mol. The zero-order chi connectivity index (χ0) is 11.5. The highest BCUT2D eigenvalue weighted by atomic mass is 32.2. The molecule has 1 atom stereocenters. The fourth-order valence-electron chi connectivity index (χ4n) is 0.843. The number of aliphatic hydroxyl groups is 1. The Labute approximate surface area is 93.4 Å². The first kappa shape index (κ1) is 12.5. The summed E-state index contributed by atoms with van der Waals surface area (Å²) in [5, 5.41) is 13.1. The van der Waals surface area contributed by atoms with Gasteiger partial charge in [0.15, 0.2) is 5.82 Å². The molecular weight excluding hydrogens is 214 g/mol. The van der Waals surface area contributed by atoms with E-state index in [0.29, 0.717) is 11.6 Å². The van der Waals surface area contributed by atoms with Crippen molar-refractivity contribution in [3.05, 3.63) is 11.7 Å². The number of thioether (sulfide) groups is 1. The van der Waals surface area contributed by atoms with Crippen molar-refractivity contribution in [3.63, 3.8) is 0 Å². The van der Waals surface area contributed by atoms with Crippen molar-refractivity contribution < 1.29 is 9.63 Å². The molecule has 0 fully saturated rings. The van der Waals surface area contributed by atoms with Crippen LogP contribution >= 0.6 is 11.8 Å². The van der Waals surface area contributed by atoms with Crippen LogP contribution in [0.15, 0.2) is 4.52 Å². The Morgan fingerprint density at radius 1 is 1.53 bits per heavy atom. The van der Waals surface area contributed by atoms with E-state index in [9.17, 15) is 5.11 Å². The molecule has 0 aliphatic heterocycles. The van der Waals surface area contributed by atoms with Crippen molar-refractivity contribution in [3.8, 4) is 0 Å². The largest absolute Gasteiger partial charge is 0.382 e. The van der Waals surface area contributed by atoms with E-state index in [2.05, 4.69) is 30.9 Å². The van der Waals surface area contributed by atoms with E-state index < -0.39 is 6.10 Å². The van der Waals surface area contributed by atoms with Crippen LogP contribution in [0.25, 0.3) is 0 Å². The fraction of sp³-hybridized carbons (Fsp3) is 0.778. The van der Waals surface area contributed by atoms with Crippen LogP contribution in [0, 0.1) is 0 Å². The lowest BCUT2D eigenvalue weighted by molar-refractivity contribution is 0.141. The molecule has 0 saturated heterocycles. The standard InChI is InChI=1S/C9H17N3O2S/c1-9(2,3)15-5-7-11-8(14-12-7)6(13)4-10/h6,13H,4-5,10H2,1-3H3/t6-/m0/s1. The summed E-state index contributed by atoms with van der Waals surface area (Å²) in [4.78, 5) is 4.06. The summed E-state index contributed by atoms with van der Waals surface area (Å²) in [6.45, 7) is 6.45. The molecule has 0 spiro atoms. The van der Waals surface area contributed by atoms with E-state index in [1.807, 2.05) is 0 Å². The molecule has 0 unspecified atom stereocenters. The summed E-state index contributed by atoms with van der Waals surface area (Å²) in [5.41, 5.74) is 5.27. The molecule has 1 aromatic rings. The normalized spacial score (nSPS) is 14.2. The van der Waals surface area contributed by atoms with Crippen molar-refractivity contribution in [2.45, 2.75) is 37.4 Å². The van der Waals surface area contributed by atoms with Gasteiger partial charge >= 0.3 is 0 Å². The minimum Gasteiger partial charge on any atom is -0.382 e.